The summed E-state index contributed by atoms with van der Waals surface area (Å²) in [6.45, 7) is 0. The van der Waals surface area contributed by atoms with Gasteiger partial charge in [-0.25, -0.2) is 9.98 Å². The van der Waals surface area contributed by atoms with Gasteiger partial charge in [0, 0.05) is 22.3 Å². The van der Waals surface area contributed by atoms with Crippen LogP contribution in [0.25, 0.3) is 22.3 Å². The van der Waals surface area contributed by atoms with Crippen molar-refractivity contribution in [3.8, 4) is 45.3 Å². The molecule has 8 nitrogen and oxygen atoms in total. The van der Waals surface area contributed by atoms with E-state index in [0.717, 1.165) is 67.5 Å². The molecule has 4 atom stereocenters. The van der Waals surface area contributed by atoms with Crippen molar-refractivity contribution in [3.05, 3.63) is 168 Å². The molecule has 288 valence electrons. The molecule has 0 N–H and O–H groups in total. The van der Waals surface area contributed by atoms with Crippen LogP contribution in [0.1, 0.15) is 40.9 Å². The number of hydrogen-bond donors (Lipinski definition) is 0. The first-order chi connectivity index (χ1) is 28.0. The Morgan fingerprint density at radius 2 is 0.825 bits per heavy atom. The van der Waals surface area contributed by atoms with Crippen LogP contribution in [-0.4, -0.2) is 52.3 Å². The van der Waals surface area contributed by atoms with Gasteiger partial charge in [0.05, 0.1) is 46.9 Å². The Balaban J connectivity index is 1.10. The molecule has 57 heavy (non-hydrogen) atoms. The molecule has 6 aromatic rings. The molecule has 0 aliphatic carbocycles. The first kappa shape index (κ1) is 37.4. The fraction of sp³-hybridized carbons (Fsp3) is 0.224. The summed E-state index contributed by atoms with van der Waals surface area (Å²) in [7, 11) is 6.78. The third kappa shape index (κ3) is 8.07. The quantitative estimate of drug-likeness (QED) is 0.110. The summed E-state index contributed by atoms with van der Waals surface area (Å²) in [5.41, 5.74) is 8.40. The van der Waals surface area contributed by atoms with E-state index in [4.69, 9.17) is 38.4 Å². The molecule has 0 saturated heterocycles. The van der Waals surface area contributed by atoms with Crippen molar-refractivity contribution in [2.45, 2.75) is 43.6 Å². The van der Waals surface area contributed by atoms with E-state index in [-0.39, 0.29) is 24.3 Å². The normalized spacial score (nSPS) is 18.5. The van der Waals surface area contributed by atoms with E-state index >= 15 is 0 Å². The lowest BCUT2D eigenvalue weighted by Crippen LogP contribution is -2.18. The predicted octanol–water partition coefficient (Wildman–Crippen LogP) is 10.3. The second kappa shape index (κ2) is 17.1. The molecule has 0 spiro atoms. The number of aliphatic imine (C=N–C) groups is 2. The van der Waals surface area contributed by atoms with Gasteiger partial charge < -0.3 is 28.4 Å². The Morgan fingerprint density at radius 1 is 0.439 bits per heavy atom. The van der Waals surface area contributed by atoms with Gasteiger partial charge >= 0.3 is 0 Å². The smallest absolute Gasteiger partial charge is 0.193 e. The molecule has 6 aromatic carbocycles. The number of hydrogen-bond acceptors (Lipinski definition) is 8. The summed E-state index contributed by atoms with van der Waals surface area (Å²) in [4.78, 5) is 10.5. The molecule has 2 aliphatic rings. The number of nitrogens with zero attached hydrogens (tertiary/aromatic N) is 2. The van der Waals surface area contributed by atoms with E-state index in [0.29, 0.717) is 31.1 Å². The van der Waals surface area contributed by atoms with Crippen LogP contribution in [0.2, 0.25) is 0 Å². The Kier molecular flexibility index (Phi) is 11.2. The summed E-state index contributed by atoms with van der Waals surface area (Å²) in [6, 6.07) is 48.8. The zero-order valence-electron chi connectivity index (χ0n) is 32.6. The average molecular weight is 759 g/mol. The molecule has 8 heteroatoms. The molecule has 0 amide bonds. The van der Waals surface area contributed by atoms with Crippen LogP contribution >= 0.6 is 0 Å². The summed E-state index contributed by atoms with van der Waals surface area (Å²) >= 11 is 0. The topological polar surface area (TPSA) is 80.1 Å². The number of para-hydroxylation sites is 4. The second-order valence-electron chi connectivity index (χ2n) is 14.1. The van der Waals surface area contributed by atoms with E-state index in [1.54, 1.807) is 28.4 Å². The molecular formula is C49H46N2O6. The number of rotatable bonds is 14. The van der Waals surface area contributed by atoms with Crippen molar-refractivity contribution in [2.24, 2.45) is 9.98 Å². The zero-order chi connectivity index (χ0) is 39.1. The Morgan fingerprint density at radius 3 is 1.25 bits per heavy atom. The van der Waals surface area contributed by atoms with E-state index in [1.807, 2.05) is 72.8 Å². The summed E-state index contributed by atoms with van der Waals surface area (Å²) in [5, 5.41) is 0. The Labute approximate surface area is 334 Å². The number of methoxy groups -OCH3 is 4. The van der Waals surface area contributed by atoms with Crippen molar-refractivity contribution < 1.29 is 28.4 Å². The molecule has 2 unspecified atom stereocenters. The Hall–Kier alpha value is -6.54. The summed E-state index contributed by atoms with van der Waals surface area (Å²) < 4.78 is 36.5. The van der Waals surface area contributed by atoms with Crippen molar-refractivity contribution >= 4 is 11.8 Å². The predicted molar refractivity (Wildman–Crippen MR) is 225 cm³/mol. The highest BCUT2D eigenvalue weighted by molar-refractivity contribution is 5.98. The van der Waals surface area contributed by atoms with Crippen LogP contribution in [0.5, 0.6) is 23.0 Å². The zero-order valence-corrected chi connectivity index (χ0v) is 32.6. The van der Waals surface area contributed by atoms with Gasteiger partial charge in [0.1, 0.15) is 23.0 Å². The second-order valence-corrected chi connectivity index (χ2v) is 14.1. The molecule has 2 heterocycles. The highest BCUT2D eigenvalue weighted by atomic mass is 16.5. The minimum Gasteiger partial charge on any atom is -0.496 e. The molecule has 8 rings (SSSR count). The molecular weight excluding hydrogens is 713 g/mol. The standard InChI is InChI=1S/C49H46N2O6/c1-52-42-23-9-5-19-36(42)34-17-13-15-32(27-34)29-40-48(38-21-7-11-25-44(38)54-3)56-46(50-40)31-47-51-41(49(57-47)39-22-8-12-26-45(39)55-4)30-33-16-14-18-35(28-33)37-20-6-10-24-43(37)53-2/h5-28,40-41,48-49H,29-31H2,1-4H3/t40-,41-,48?,49?/m1/s1. The van der Waals surface area contributed by atoms with Gasteiger partial charge in [0.25, 0.3) is 0 Å². The third-order valence-corrected chi connectivity index (χ3v) is 10.6. The van der Waals surface area contributed by atoms with Gasteiger partial charge in [-0.05, 0) is 59.4 Å². The number of ether oxygens (including phenoxy) is 6. The van der Waals surface area contributed by atoms with Gasteiger partial charge in [-0.3, -0.25) is 0 Å². The minimum absolute atomic E-state index is 0.218. The lowest BCUT2D eigenvalue weighted by Gasteiger charge is -2.21. The van der Waals surface area contributed by atoms with Crippen LogP contribution in [0, 0.1) is 0 Å². The average Bonchev–Trinajstić information content (AvgIpc) is 3.85. The first-order valence-corrected chi connectivity index (χ1v) is 19.2. The van der Waals surface area contributed by atoms with Gasteiger partial charge in [-0.2, -0.15) is 0 Å². The molecule has 0 bridgehead atoms. The maximum absolute atomic E-state index is 6.77. The van der Waals surface area contributed by atoms with Crippen molar-refractivity contribution in [1.29, 1.82) is 0 Å². The lowest BCUT2D eigenvalue weighted by atomic mass is 9.94. The van der Waals surface area contributed by atoms with Crippen molar-refractivity contribution in [1.82, 2.24) is 0 Å². The van der Waals surface area contributed by atoms with E-state index in [2.05, 4.69) is 72.8 Å². The lowest BCUT2D eigenvalue weighted by molar-refractivity contribution is 0.177. The highest BCUT2D eigenvalue weighted by Gasteiger charge is 2.39. The van der Waals surface area contributed by atoms with Crippen LogP contribution in [0.4, 0.5) is 0 Å². The SMILES string of the molecule is COc1ccccc1-c1cccc(C[C@H]2N=C(CC3=N[C@H](Cc4cccc(-c5ccccc5OC)c4)C(c4ccccc4OC)O3)OC2c2ccccc2OC)c1. The van der Waals surface area contributed by atoms with E-state index in [1.165, 1.54) is 0 Å². The van der Waals surface area contributed by atoms with Gasteiger partial charge in [-0.1, -0.05) is 121 Å². The maximum Gasteiger partial charge on any atom is 0.193 e. The van der Waals surface area contributed by atoms with Crippen LogP contribution in [0.15, 0.2) is 156 Å². The van der Waals surface area contributed by atoms with E-state index in [9.17, 15) is 0 Å². The largest absolute Gasteiger partial charge is 0.496 e. The summed E-state index contributed by atoms with van der Waals surface area (Å²) in [6.07, 6.45) is 0.875. The van der Waals surface area contributed by atoms with E-state index < -0.39 is 0 Å². The van der Waals surface area contributed by atoms with Crippen molar-refractivity contribution in [2.75, 3.05) is 28.4 Å². The summed E-state index contributed by atoms with van der Waals surface area (Å²) in [5.74, 6) is 4.33. The molecule has 0 fully saturated rings. The molecule has 0 radical (unpaired) electrons. The van der Waals surface area contributed by atoms with Crippen LogP contribution in [-0.2, 0) is 22.3 Å². The van der Waals surface area contributed by atoms with Crippen molar-refractivity contribution in [3.63, 3.8) is 0 Å². The monoisotopic (exact) mass is 758 g/mol. The molecule has 0 saturated carbocycles. The fourth-order valence-corrected chi connectivity index (χ4v) is 7.95. The van der Waals surface area contributed by atoms with Gasteiger partial charge in [-0.15, -0.1) is 0 Å². The fourth-order valence-electron chi connectivity index (χ4n) is 7.95. The maximum atomic E-state index is 6.77. The third-order valence-electron chi connectivity index (χ3n) is 10.6. The Bertz CT molecular complexity index is 2240. The molecule has 2 aliphatic heterocycles. The van der Waals surface area contributed by atoms with Gasteiger partial charge in [0.2, 0.25) is 0 Å². The number of benzene rings is 6. The van der Waals surface area contributed by atoms with Crippen LogP contribution < -0.4 is 18.9 Å². The minimum atomic E-state index is -0.369. The van der Waals surface area contributed by atoms with Gasteiger partial charge in [0.15, 0.2) is 24.0 Å². The highest BCUT2D eigenvalue weighted by Crippen LogP contribution is 2.41. The van der Waals surface area contributed by atoms with Crippen LogP contribution in [0.3, 0.4) is 0 Å². The first-order valence-electron chi connectivity index (χ1n) is 19.2. The molecule has 0 aromatic heterocycles.